The van der Waals surface area contributed by atoms with Crippen LogP contribution < -0.4 is 5.73 Å². The van der Waals surface area contributed by atoms with Crippen LogP contribution in [-0.4, -0.2) is 0 Å². The highest BCUT2D eigenvalue weighted by molar-refractivity contribution is 6.31. The highest BCUT2D eigenvalue weighted by Gasteiger charge is 2.13. The molecule has 0 amide bonds. The molecule has 0 aromatic heterocycles. The molecular formula is C13H10ClF2N. The average Bonchev–Trinajstić information content (AvgIpc) is 2.32. The Labute approximate surface area is 103 Å². The van der Waals surface area contributed by atoms with Gasteiger partial charge in [0.25, 0.3) is 0 Å². The fraction of sp³-hybridized carbons (Fsp3) is 0.0769. The smallest absolute Gasteiger partial charge is 0.159 e. The molecule has 88 valence electrons. The molecule has 0 radical (unpaired) electrons. The van der Waals surface area contributed by atoms with Crippen LogP contribution in [0.1, 0.15) is 17.2 Å². The maximum atomic E-state index is 13.1. The molecule has 2 N–H and O–H groups in total. The third-order valence-corrected chi connectivity index (χ3v) is 2.89. The second-order valence-electron chi connectivity index (χ2n) is 3.67. The van der Waals surface area contributed by atoms with Crippen molar-refractivity contribution >= 4 is 11.6 Å². The zero-order chi connectivity index (χ0) is 12.4. The molecule has 17 heavy (non-hydrogen) atoms. The van der Waals surface area contributed by atoms with Crippen LogP contribution in [0.3, 0.4) is 0 Å². The lowest BCUT2D eigenvalue weighted by Crippen LogP contribution is -2.12. The Morgan fingerprint density at radius 1 is 1.00 bits per heavy atom. The summed E-state index contributed by atoms with van der Waals surface area (Å²) < 4.78 is 25.9. The lowest BCUT2D eigenvalue weighted by molar-refractivity contribution is 0.506. The normalized spacial score (nSPS) is 12.5. The Balaban J connectivity index is 2.40. The maximum Gasteiger partial charge on any atom is 0.159 e. The van der Waals surface area contributed by atoms with Gasteiger partial charge in [-0.1, -0.05) is 35.9 Å². The molecule has 1 atom stereocenters. The van der Waals surface area contributed by atoms with E-state index in [2.05, 4.69) is 0 Å². The second kappa shape index (κ2) is 4.82. The van der Waals surface area contributed by atoms with Crippen LogP contribution in [0.15, 0.2) is 42.5 Å². The molecule has 2 aromatic rings. The Bertz CT molecular complexity index is 543. The molecule has 0 saturated carbocycles. The SMILES string of the molecule is NC(c1ccc(F)c(F)c1)c1ccccc1Cl. The highest BCUT2D eigenvalue weighted by Crippen LogP contribution is 2.26. The number of rotatable bonds is 2. The fourth-order valence-electron chi connectivity index (χ4n) is 1.61. The van der Waals surface area contributed by atoms with Crippen LogP contribution >= 0.6 is 11.6 Å². The Morgan fingerprint density at radius 3 is 2.35 bits per heavy atom. The quantitative estimate of drug-likeness (QED) is 0.868. The van der Waals surface area contributed by atoms with Crippen molar-refractivity contribution in [3.8, 4) is 0 Å². The van der Waals surface area contributed by atoms with E-state index in [0.29, 0.717) is 16.1 Å². The first-order valence-corrected chi connectivity index (χ1v) is 5.42. The van der Waals surface area contributed by atoms with E-state index in [1.807, 2.05) is 0 Å². The maximum absolute atomic E-state index is 13.1. The third-order valence-electron chi connectivity index (χ3n) is 2.54. The summed E-state index contributed by atoms with van der Waals surface area (Å²) >= 11 is 5.99. The van der Waals surface area contributed by atoms with E-state index in [4.69, 9.17) is 17.3 Å². The molecule has 0 aliphatic rings. The van der Waals surface area contributed by atoms with E-state index in [1.165, 1.54) is 6.07 Å². The van der Waals surface area contributed by atoms with E-state index in [-0.39, 0.29) is 0 Å². The predicted molar refractivity (Wildman–Crippen MR) is 63.8 cm³/mol. The highest BCUT2D eigenvalue weighted by atomic mass is 35.5. The number of hydrogen-bond donors (Lipinski definition) is 1. The molecule has 1 unspecified atom stereocenters. The van der Waals surface area contributed by atoms with Gasteiger partial charge < -0.3 is 5.73 Å². The molecule has 0 fully saturated rings. The molecule has 0 saturated heterocycles. The summed E-state index contributed by atoms with van der Waals surface area (Å²) in [5.41, 5.74) is 7.13. The molecule has 0 aliphatic heterocycles. The van der Waals surface area contributed by atoms with Crippen LogP contribution in [-0.2, 0) is 0 Å². The number of benzene rings is 2. The number of hydrogen-bond acceptors (Lipinski definition) is 1. The lowest BCUT2D eigenvalue weighted by Gasteiger charge is -2.14. The minimum Gasteiger partial charge on any atom is -0.320 e. The van der Waals surface area contributed by atoms with E-state index < -0.39 is 17.7 Å². The van der Waals surface area contributed by atoms with Gasteiger partial charge in [-0.05, 0) is 29.3 Å². The summed E-state index contributed by atoms with van der Waals surface area (Å²) in [7, 11) is 0. The minimum atomic E-state index is -0.912. The van der Waals surface area contributed by atoms with Crippen molar-refractivity contribution < 1.29 is 8.78 Å². The van der Waals surface area contributed by atoms with Gasteiger partial charge in [0.15, 0.2) is 11.6 Å². The van der Waals surface area contributed by atoms with Gasteiger partial charge in [-0.25, -0.2) is 8.78 Å². The van der Waals surface area contributed by atoms with Crippen molar-refractivity contribution in [1.29, 1.82) is 0 Å². The van der Waals surface area contributed by atoms with Crippen LogP contribution in [0.2, 0.25) is 5.02 Å². The van der Waals surface area contributed by atoms with E-state index in [0.717, 1.165) is 12.1 Å². The van der Waals surface area contributed by atoms with Crippen LogP contribution in [0.5, 0.6) is 0 Å². The van der Waals surface area contributed by atoms with Crippen molar-refractivity contribution in [3.63, 3.8) is 0 Å². The number of halogens is 3. The van der Waals surface area contributed by atoms with Gasteiger partial charge in [0.2, 0.25) is 0 Å². The van der Waals surface area contributed by atoms with E-state index in [9.17, 15) is 8.78 Å². The van der Waals surface area contributed by atoms with Gasteiger partial charge >= 0.3 is 0 Å². The van der Waals surface area contributed by atoms with Gasteiger partial charge in [0.05, 0.1) is 6.04 Å². The molecule has 1 nitrogen and oxygen atoms in total. The molecular weight excluding hydrogens is 244 g/mol. The Hall–Kier alpha value is -1.45. The van der Waals surface area contributed by atoms with E-state index in [1.54, 1.807) is 24.3 Å². The van der Waals surface area contributed by atoms with Gasteiger partial charge in [0, 0.05) is 5.02 Å². The van der Waals surface area contributed by atoms with Crippen molar-refractivity contribution in [2.75, 3.05) is 0 Å². The fourth-order valence-corrected chi connectivity index (χ4v) is 1.87. The van der Waals surface area contributed by atoms with Crippen LogP contribution in [0.4, 0.5) is 8.78 Å². The summed E-state index contributed by atoms with van der Waals surface area (Å²) in [5.74, 6) is -1.80. The second-order valence-corrected chi connectivity index (χ2v) is 4.08. The molecule has 2 rings (SSSR count). The largest absolute Gasteiger partial charge is 0.320 e. The van der Waals surface area contributed by atoms with E-state index >= 15 is 0 Å². The average molecular weight is 254 g/mol. The summed E-state index contributed by atoms with van der Waals surface area (Å²) in [5, 5.41) is 0.504. The van der Waals surface area contributed by atoms with Gasteiger partial charge in [-0.15, -0.1) is 0 Å². The standard InChI is InChI=1S/C13H10ClF2N/c14-10-4-2-1-3-9(10)13(17)8-5-6-11(15)12(16)7-8/h1-7,13H,17H2. The minimum absolute atomic E-state index is 0.483. The zero-order valence-electron chi connectivity index (χ0n) is 8.83. The first-order valence-electron chi connectivity index (χ1n) is 5.04. The molecule has 0 aliphatic carbocycles. The van der Waals surface area contributed by atoms with Crippen molar-refractivity contribution in [2.24, 2.45) is 5.73 Å². The lowest BCUT2D eigenvalue weighted by atomic mass is 9.99. The third kappa shape index (κ3) is 2.46. The monoisotopic (exact) mass is 253 g/mol. The summed E-state index contributed by atoms with van der Waals surface area (Å²) in [6, 6.07) is 10.1. The Kier molecular flexibility index (Phi) is 3.41. The van der Waals surface area contributed by atoms with Crippen LogP contribution in [0, 0.1) is 11.6 Å². The summed E-state index contributed by atoms with van der Waals surface area (Å²) in [6.45, 7) is 0. The first-order chi connectivity index (χ1) is 8.09. The molecule has 0 bridgehead atoms. The topological polar surface area (TPSA) is 26.0 Å². The van der Waals surface area contributed by atoms with Crippen molar-refractivity contribution in [1.82, 2.24) is 0 Å². The van der Waals surface area contributed by atoms with Crippen molar-refractivity contribution in [2.45, 2.75) is 6.04 Å². The predicted octanol–water partition coefficient (Wildman–Crippen LogP) is 3.67. The zero-order valence-corrected chi connectivity index (χ0v) is 9.59. The van der Waals surface area contributed by atoms with Gasteiger partial charge in [-0.2, -0.15) is 0 Å². The summed E-state index contributed by atoms with van der Waals surface area (Å²) in [4.78, 5) is 0. The van der Waals surface area contributed by atoms with Gasteiger partial charge in [0.1, 0.15) is 0 Å². The number of nitrogens with two attached hydrogens (primary N) is 1. The van der Waals surface area contributed by atoms with Gasteiger partial charge in [-0.3, -0.25) is 0 Å². The molecule has 2 aromatic carbocycles. The molecule has 0 spiro atoms. The molecule has 0 heterocycles. The summed E-state index contributed by atoms with van der Waals surface area (Å²) in [6.07, 6.45) is 0. The van der Waals surface area contributed by atoms with Crippen LogP contribution in [0.25, 0.3) is 0 Å². The first kappa shape index (κ1) is 12.0. The van der Waals surface area contributed by atoms with Crippen molar-refractivity contribution in [3.05, 3.63) is 70.2 Å². The Morgan fingerprint density at radius 2 is 1.71 bits per heavy atom. The molecule has 4 heteroatoms.